The summed E-state index contributed by atoms with van der Waals surface area (Å²) in [5.74, 6) is -1.33. The highest BCUT2D eigenvalue weighted by molar-refractivity contribution is 6.42. The summed E-state index contributed by atoms with van der Waals surface area (Å²) < 4.78 is 19.1. The molecule has 1 heterocycles. The number of rotatable bonds is 9. The third kappa shape index (κ3) is 7.66. The van der Waals surface area contributed by atoms with E-state index < -0.39 is 29.4 Å². The molecule has 1 fully saturated rings. The molecule has 4 rings (SSSR count). The fourth-order valence-corrected chi connectivity index (χ4v) is 4.86. The average molecular weight is 553 g/mol. The fraction of sp³-hybridized carbons (Fsp3) is 0.355. The second-order valence-corrected chi connectivity index (χ2v) is 11.3. The molecule has 2 N–H and O–H groups in total. The maximum absolute atomic E-state index is 13.2. The van der Waals surface area contributed by atoms with Crippen LogP contribution in [0.1, 0.15) is 55.6 Å². The van der Waals surface area contributed by atoms with Gasteiger partial charge in [-0.25, -0.2) is 4.39 Å². The van der Waals surface area contributed by atoms with Crippen LogP contribution in [0, 0.1) is 5.82 Å². The van der Waals surface area contributed by atoms with Crippen LogP contribution in [0.15, 0.2) is 66.7 Å². The summed E-state index contributed by atoms with van der Waals surface area (Å²) in [4.78, 5) is 28.2. The summed E-state index contributed by atoms with van der Waals surface area (Å²) in [5.41, 5.74) is 1.89. The van der Waals surface area contributed by atoms with Gasteiger partial charge in [-0.15, -0.1) is 0 Å². The van der Waals surface area contributed by atoms with Crippen LogP contribution in [0.5, 0.6) is 5.75 Å². The van der Waals surface area contributed by atoms with Crippen molar-refractivity contribution in [3.63, 3.8) is 0 Å². The van der Waals surface area contributed by atoms with E-state index in [0.29, 0.717) is 22.9 Å². The lowest BCUT2D eigenvalue weighted by molar-refractivity contribution is -0.118. The monoisotopic (exact) mass is 552 g/mol. The number of nitrogens with zero attached hydrogens (tertiary/aromatic N) is 1. The number of halogens is 2. The number of Topliss-reactive ketones (excluding diaryl/α,β-unsaturated/α-hetero) is 1. The van der Waals surface area contributed by atoms with Gasteiger partial charge in [-0.2, -0.15) is 0 Å². The standard InChI is InChI=1S/C31H34ClFN2O4/c1-31(2,3)39-27-15-12-23(18-25(27)32)28(36)26(19-35-16-4-5-17-35)34-30(38)29(37)22-8-6-20(7-9-22)21-10-13-24(33)14-11-21/h6-15,18,26,28,36H,4-5,16-17,19H2,1-3H3,(H,34,38)/t26-,28-/m1/s1. The molecule has 1 aliphatic rings. The first kappa shape index (κ1) is 28.7. The van der Waals surface area contributed by atoms with Gasteiger partial charge < -0.3 is 20.1 Å². The minimum Gasteiger partial charge on any atom is -0.487 e. The number of ether oxygens (including phenoxy) is 1. The lowest BCUT2D eigenvalue weighted by Gasteiger charge is -2.29. The molecule has 3 aromatic rings. The Labute approximate surface area is 233 Å². The van der Waals surface area contributed by atoms with Crippen LogP contribution >= 0.6 is 11.6 Å². The van der Waals surface area contributed by atoms with Gasteiger partial charge >= 0.3 is 0 Å². The Balaban J connectivity index is 1.49. The number of carbonyl (C=O) groups is 2. The zero-order chi connectivity index (χ0) is 28.2. The topological polar surface area (TPSA) is 78.9 Å². The Morgan fingerprint density at radius 1 is 1.00 bits per heavy atom. The lowest BCUT2D eigenvalue weighted by Crippen LogP contribution is -2.48. The number of nitrogens with one attached hydrogen (secondary N) is 1. The summed E-state index contributed by atoms with van der Waals surface area (Å²) in [7, 11) is 0. The number of hydrogen-bond acceptors (Lipinski definition) is 5. The molecule has 0 radical (unpaired) electrons. The molecular weight excluding hydrogens is 519 g/mol. The summed E-state index contributed by atoms with van der Waals surface area (Å²) in [5, 5.41) is 14.4. The average Bonchev–Trinajstić information content (AvgIpc) is 3.41. The van der Waals surface area contributed by atoms with Gasteiger partial charge in [0.2, 0.25) is 5.78 Å². The van der Waals surface area contributed by atoms with Gasteiger partial charge in [0.05, 0.1) is 11.1 Å². The van der Waals surface area contributed by atoms with E-state index in [-0.39, 0.29) is 11.4 Å². The van der Waals surface area contributed by atoms with E-state index in [1.54, 1.807) is 54.6 Å². The molecule has 0 bridgehead atoms. The molecule has 6 nitrogen and oxygen atoms in total. The lowest BCUT2D eigenvalue weighted by atomic mass is 10.00. The van der Waals surface area contributed by atoms with Crippen LogP contribution in [-0.4, -0.2) is 53.0 Å². The molecule has 8 heteroatoms. The van der Waals surface area contributed by atoms with Crippen LogP contribution < -0.4 is 10.1 Å². The van der Waals surface area contributed by atoms with E-state index in [1.165, 1.54) is 12.1 Å². The van der Waals surface area contributed by atoms with Gasteiger partial charge in [0.1, 0.15) is 23.3 Å². The van der Waals surface area contributed by atoms with Gasteiger partial charge in [0.25, 0.3) is 5.91 Å². The normalized spacial score (nSPS) is 15.5. The molecule has 206 valence electrons. The van der Waals surface area contributed by atoms with E-state index in [0.717, 1.165) is 37.1 Å². The molecule has 1 saturated heterocycles. The van der Waals surface area contributed by atoms with Crippen molar-refractivity contribution >= 4 is 23.3 Å². The van der Waals surface area contributed by atoms with Crippen molar-refractivity contribution in [2.24, 2.45) is 0 Å². The molecular formula is C31H34ClFN2O4. The Bertz CT molecular complexity index is 1300. The zero-order valence-corrected chi connectivity index (χ0v) is 23.2. The second-order valence-electron chi connectivity index (χ2n) is 10.9. The summed E-state index contributed by atoms with van der Waals surface area (Å²) in [6.07, 6.45) is 0.992. The Hall–Kier alpha value is -3.26. The van der Waals surface area contributed by atoms with Gasteiger partial charge in [0.15, 0.2) is 0 Å². The molecule has 3 aromatic carbocycles. The van der Waals surface area contributed by atoms with Crippen LogP contribution in [0.25, 0.3) is 11.1 Å². The molecule has 0 spiro atoms. The highest BCUT2D eigenvalue weighted by atomic mass is 35.5. The van der Waals surface area contributed by atoms with Crippen LogP contribution in [0.3, 0.4) is 0 Å². The number of aliphatic hydroxyl groups excluding tert-OH is 1. The van der Waals surface area contributed by atoms with Crippen molar-refractivity contribution in [3.8, 4) is 16.9 Å². The minimum atomic E-state index is -1.09. The Kier molecular flexibility index (Phi) is 9.05. The van der Waals surface area contributed by atoms with Gasteiger partial charge in [-0.3, -0.25) is 9.59 Å². The third-order valence-electron chi connectivity index (χ3n) is 6.60. The molecule has 0 aromatic heterocycles. The van der Waals surface area contributed by atoms with Crippen molar-refractivity contribution in [2.75, 3.05) is 19.6 Å². The maximum Gasteiger partial charge on any atom is 0.292 e. The van der Waals surface area contributed by atoms with Crippen molar-refractivity contribution in [3.05, 3.63) is 88.7 Å². The predicted molar refractivity (Wildman–Crippen MR) is 151 cm³/mol. The SMILES string of the molecule is CC(C)(C)Oc1ccc([C@@H](O)[C@@H](CN2CCCC2)NC(=O)C(=O)c2ccc(-c3ccc(F)cc3)cc2)cc1Cl. The van der Waals surface area contributed by atoms with Gasteiger partial charge in [-0.05, 0) is 87.7 Å². The zero-order valence-electron chi connectivity index (χ0n) is 22.4. The molecule has 39 heavy (non-hydrogen) atoms. The van der Waals surface area contributed by atoms with Crippen molar-refractivity contribution < 1.29 is 23.8 Å². The van der Waals surface area contributed by atoms with Crippen molar-refractivity contribution in [1.29, 1.82) is 0 Å². The first-order valence-corrected chi connectivity index (χ1v) is 13.5. The number of hydrogen-bond donors (Lipinski definition) is 2. The van der Waals surface area contributed by atoms with E-state index >= 15 is 0 Å². The van der Waals surface area contributed by atoms with Gasteiger partial charge in [0, 0.05) is 12.1 Å². The first-order chi connectivity index (χ1) is 18.5. The molecule has 0 unspecified atom stereocenters. The van der Waals surface area contributed by atoms with E-state index in [1.807, 2.05) is 20.8 Å². The maximum atomic E-state index is 13.2. The number of aliphatic hydroxyl groups is 1. The molecule has 0 aliphatic carbocycles. The largest absolute Gasteiger partial charge is 0.487 e. The summed E-state index contributed by atoms with van der Waals surface area (Å²) in [6.45, 7) is 7.86. The van der Waals surface area contributed by atoms with E-state index in [9.17, 15) is 19.1 Å². The predicted octanol–water partition coefficient (Wildman–Crippen LogP) is 5.82. The minimum absolute atomic E-state index is 0.222. The highest BCUT2D eigenvalue weighted by Gasteiger charge is 2.29. The van der Waals surface area contributed by atoms with E-state index in [2.05, 4.69) is 10.2 Å². The molecule has 0 saturated carbocycles. The second kappa shape index (κ2) is 12.3. The summed E-state index contributed by atoms with van der Waals surface area (Å²) in [6, 6.07) is 16.9. The molecule has 1 aliphatic heterocycles. The quantitative estimate of drug-likeness (QED) is 0.258. The third-order valence-corrected chi connectivity index (χ3v) is 6.89. The van der Waals surface area contributed by atoms with Crippen LogP contribution in [0.4, 0.5) is 4.39 Å². The first-order valence-electron chi connectivity index (χ1n) is 13.1. The molecule has 1 amide bonds. The number of ketones is 1. The van der Waals surface area contributed by atoms with Crippen molar-refractivity contribution in [2.45, 2.75) is 51.4 Å². The van der Waals surface area contributed by atoms with E-state index in [4.69, 9.17) is 16.3 Å². The van der Waals surface area contributed by atoms with Crippen LogP contribution in [-0.2, 0) is 4.79 Å². The number of benzene rings is 3. The smallest absolute Gasteiger partial charge is 0.292 e. The number of likely N-dealkylation sites (tertiary alicyclic amines) is 1. The molecule has 2 atom stereocenters. The van der Waals surface area contributed by atoms with Crippen LogP contribution in [0.2, 0.25) is 5.02 Å². The number of amides is 1. The van der Waals surface area contributed by atoms with Gasteiger partial charge in [-0.1, -0.05) is 54.1 Å². The number of carbonyl (C=O) groups excluding carboxylic acids is 2. The summed E-state index contributed by atoms with van der Waals surface area (Å²) >= 11 is 6.45. The van der Waals surface area contributed by atoms with Crippen molar-refractivity contribution in [1.82, 2.24) is 10.2 Å². The fourth-order valence-electron chi connectivity index (χ4n) is 4.64. The Morgan fingerprint density at radius 2 is 1.59 bits per heavy atom. The Morgan fingerprint density at radius 3 is 2.15 bits per heavy atom. The highest BCUT2D eigenvalue weighted by Crippen LogP contribution is 2.32.